The fourth-order valence-corrected chi connectivity index (χ4v) is 3.67. The van der Waals surface area contributed by atoms with Crippen molar-refractivity contribution in [3.63, 3.8) is 0 Å². The molecule has 1 heterocycles. The van der Waals surface area contributed by atoms with Crippen LogP contribution < -0.4 is 16.0 Å². The van der Waals surface area contributed by atoms with Gasteiger partial charge in [-0.05, 0) is 55.0 Å². The van der Waals surface area contributed by atoms with Gasteiger partial charge < -0.3 is 10.6 Å². The summed E-state index contributed by atoms with van der Waals surface area (Å²) in [7, 11) is 0. The summed E-state index contributed by atoms with van der Waals surface area (Å²) in [4.78, 5) is 29.0. The summed E-state index contributed by atoms with van der Waals surface area (Å²) in [6.45, 7) is 1.97. The first kappa shape index (κ1) is 18.6. The maximum Gasteiger partial charge on any atom is 0.323 e. The van der Waals surface area contributed by atoms with E-state index in [1.165, 1.54) is 11.3 Å². The molecule has 0 aliphatic rings. The summed E-state index contributed by atoms with van der Waals surface area (Å²) in [5, 5.41) is 8.93. The van der Waals surface area contributed by atoms with E-state index in [9.17, 15) is 9.59 Å². The van der Waals surface area contributed by atoms with E-state index in [0.29, 0.717) is 21.9 Å². The van der Waals surface area contributed by atoms with Crippen LogP contribution in [0.3, 0.4) is 0 Å². The number of urea groups is 1. The van der Waals surface area contributed by atoms with E-state index in [-0.39, 0.29) is 11.9 Å². The summed E-state index contributed by atoms with van der Waals surface area (Å²) in [5.41, 5.74) is 3.68. The van der Waals surface area contributed by atoms with Crippen molar-refractivity contribution in [1.29, 1.82) is 0 Å². The molecule has 4 aromatic rings. The van der Waals surface area contributed by atoms with Crippen molar-refractivity contribution in [2.24, 2.45) is 0 Å². The van der Waals surface area contributed by atoms with Crippen LogP contribution in [0.5, 0.6) is 0 Å². The number of thiazole rings is 1. The lowest BCUT2D eigenvalue weighted by molar-refractivity contribution is 0.102. The van der Waals surface area contributed by atoms with E-state index in [4.69, 9.17) is 0 Å². The lowest BCUT2D eigenvalue weighted by Gasteiger charge is -2.08. The number of nitrogens with one attached hydrogen (secondary N) is 3. The highest BCUT2D eigenvalue weighted by atomic mass is 32.1. The zero-order valence-electron chi connectivity index (χ0n) is 15.6. The Balaban J connectivity index is 1.45. The van der Waals surface area contributed by atoms with Crippen LogP contribution >= 0.6 is 11.3 Å². The third-order valence-corrected chi connectivity index (χ3v) is 5.13. The number of hydrogen-bond donors (Lipinski definition) is 3. The van der Waals surface area contributed by atoms with Crippen LogP contribution in [0.25, 0.3) is 10.2 Å². The maximum atomic E-state index is 12.3. The lowest BCUT2D eigenvalue weighted by Crippen LogP contribution is -2.19. The molecule has 0 unspecified atom stereocenters. The third kappa shape index (κ3) is 4.59. The Morgan fingerprint density at radius 3 is 2.34 bits per heavy atom. The number of aryl methyl sites for hydroxylation is 1. The van der Waals surface area contributed by atoms with Gasteiger partial charge >= 0.3 is 6.03 Å². The van der Waals surface area contributed by atoms with Gasteiger partial charge in [0.05, 0.1) is 10.2 Å². The highest BCUT2D eigenvalue weighted by Gasteiger charge is 2.11. The molecular weight excluding hydrogens is 384 g/mol. The summed E-state index contributed by atoms with van der Waals surface area (Å²) < 4.78 is 0.915. The molecule has 0 saturated carbocycles. The topological polar surface area (TPSA) is 83.1 Å². The lowest BCUT2D eigenvalue weighted by atomic mass is 10.2. The van der Waals surface area contributed by atoms with Gasteiger partial charge in [-0.2, -0.15) is 0 Å². The molecule has 3 aromatic carbocycles. The molecule has 1 aromatic heterocycles. The number of amides is 3. The summed E-state index contributed by atoms with van der Waals surface area (Å²) in [5.74, 6) is -0.208. The highest BCUT2D eigenvalue weighted by molar-refractivity contribution is 7.22. The number of rotatable bonds is 4. The number of anilines is 3. The maximum absolute atomic E-state index is 12.3. The molecule has 0 atom stereocenters. The molecule has 3 amide bonds. The molecule has 0 aliphatic heterocycles. The van der Waals surface area contributed by atoms with Crippen molar-refractivity contribution in [3.05, 3.63) is 83.9 Å². The van der Waals surface area contributed by atoms with Gasteiger partial charge in [0, 0.05) is 16.9 Å². The van der Waals surface area contributed by atoms with Gasteiger partial charge in [0.2, 0.25) is 0 Å². The zero-order chi connectivity index (χ0) is 20.2. The molecule has 6 nitrogen and oxygen atoms in total. The molecule has 0 bridgehead atoms. The van der Waals surface area contributed by atoms with E-state index in [0.717, 1.165) is 16.0 Å². The number of fused-ring (bicyclic) bond motifs is 1. The van der Waals surface area contributed by atoms with E-state index < -0.39 is 0 Å². The monoisotopic (exact) mass is 402 g/mol. The largest absolute Gasteiger partial charge is 0.323 e. The number of carbonyl (C=O) groups is 2. The first-order valence-electron chi connectivity index (χ1n) is 8.98. The number of carbonyl (C=O) groups excluding carboxylic acids is 2. The van der Waals surface area contributed by atoms with Crippen LogP contribution in [0.15, 0.2) is 72.8 Å². The molecule has 4 rings (SSSR count). The number of aromatic nitrogens is 1. The number of hydrogen-bond acceptors (Lipinski definition) is 4. The van der Waals surface area contributed by atoms with E-state index >= 15 is 0 Å². The molecule has 144 valence electrons. The van der Waals surface area contributed by atoms with Gasteiger partial charge in [-0.15, -0.1) is 0 Å². The van der Waals surface area contributed by atoms with Crippen LogP contribution in [0, 0.1) is 6.92 Å². The van der Waals surface area contributed by atoms with E-state index in [2.05, 4.69) is 20.9 Å². The van der Waals surface area contributed by atoms with Crippen LogP contribution in [0.4, 0.5) is 21.3 Å². The zero-order valence-corrected chi connectivity index (χ0v) is 16.4. The Hall–Kier alpha value is -3.71. The van der Waals surface area contributed by atoms with Gasteiger partial charge in [-0.25, -0.2) is 9.78 Å². The highest BCUT2D eigenvalue weighted by Crippen LogP contribution is 2.28. The van der Waals surface area contributed by atoms with E-state index in [1.807, 2.05) is 55.5 Å². The molecule has 7 heteroatoms. The van der Waals surface area contributed by atoms with Gasteiger partial charge in [-0.3, -0.25) is 10.1 Å². The quantitative estimate of drug-likeness (QED) is 0.421. The molecular formula is C22H18N4O2S. The number of nitrogens with zero attached hydrogens (tertiary/aromatic N) is 1. The Morgan fingerprint density at radius 2 is 1.59 bits per heavy atom. The van der Waals surface area contributed by atoms with Crippen molar-refractivity contribution in [2.75, 3.05) is 16.0 Å². The van der Waals surface area contributed by atoms with Crippen molar-refractivity contribution in [2.45, 2.75) is 6.92 Å². The van der Waals surface area contributed by atoms with Crippen LogP contribution in [0.1, 0.15) is 15.9 Å². The second-order valence-corrected chi connectivity index (χ2v) is 7.50. The molecule has 29 heavy (non-hydrogen) atoms. The molecule has 0 radical (unpaired) electrons. The first-order valence-corrected chi connectivity index (χ1v) is 9.80. The molecule has 0 spiro atoms. The van der Waals surface area contributed by atoms with Crippen molar-refractivity contribution >= 4 is 50.0 Å². The van der Waals surface area contributed by atoms with Crippen LogP contribution in [-0.4, -0.2) is 16.9 Å². The average Bonchev–Trinajstić information content (AvgIpc) is 3.10. The fourth-order valence-electron chi connectivity index (χ4n) is 2.83. The Kier molecular flexibility index (Phi) is 5.22. The van der Waals surface area contributed by atoms with Crippen molar-refractivity contribution in [1.82, 2.24) is 4.98 Å². The molecule has 0 aliphatic carbocycles. The first-order chi connectivity index (χ1) is 14.1. The van der Waals surface area contributed by atoms with Gasteiger partial charge in [0.15, 0.2) is 5.13 Å². The average molecular weight is 402 g/mol. The van der Waals surface area contributed by atoms with Crippen molar-refractivity contribution < 1.29 is 9.59 Å². The molecule has 0 fully saturated rings. The second kappa shape index (κ2) is 8.12. The van der Waals surface area contributed by atoms with Gasteiger partial charge in [0.25, 0.3) is 5.91 Å². The smallest absolute Gasteiger partial charge is 0.308 e. The van der Waals surface area contributed by atoms with Crippen LogP contribution in [0.2, 0.25) is 0 Å². The Morgan fingerprint density at radius 1 is 0.828 bits per heavy atom. The third-order valence-electron chi connectivity index (χ3n) is 4.18. The van der Waals surface area contributed by atoms with Crippen LogP contribution in [-0.2, 0) is 0 Å². The normalized spacial score (nSPS) is 10.5. The summed E-state index contributed by atoms with van der Waals surface area (Å²) in [6.07, 6.45) is 0. The minimum Gasteiger partial charge on any atom is -0.308 e. The predicted molar refractivity (Wildman–Crippen MR) is 118 cm³/mol. The minimum atomic E-state index is -0.331. The summed E-state index contributed by atoms with van der Waals surface area (Å²) in [6, 6.07) is 21.7. The Bertz CT molecular complexity index is 1190. The van der Waals surface area contributed by atoms with E-state index in [1.54, 1.807) is 24.3 Å². The molecule has 0 saturated heterocycles. The Labute approximate surface area is 171 Å². The predicted octanol–water partition coefficient (Wildman–Crippen LogP) is 5.50. The van der Waals surface area contributed by atoms with Gasteiger partial charge in [-0.1, -0.05) is 41.7 Å². The SMILES string of the molecule is Cc1cccc(NC(=O)Nc2ccc3sc(NC(=O)c4ccccc4)nc3c2)c1. The number of benzene rings is 3. The molecule has 3 N–H and O–H groups in total. The second-order valence-electron chi connectivity index (χ2n) is 6.47. The summed E-state index contributed by atoms with van der Waals surface area (Å²) >= 11 is 1.38. The minimum absolute atomic E-state index is 0.208. The standard InChI is InChI=1S/C22H18N4O2S/c1-14-6-5-9-16(12-14)23-21(28)24-17-10-11-19-18(13-17)25-22(29-19)26-20(27)15-7-3-2-4-8-15/h2-13H,1H3,(H2,23,24,28)(H,25,26,27). The van der Waals surface area contributed by atoms with Gasteiger partial charge in [0.1, 0.15) is 0 Å². The fraction of sp³-hybridized carbons (Fsp3) is 0.0455. The van der Waals surface area contributed by atoms with Crippen molar-refractivity contribution in [3.8, 4) is 0 Å².